The van der Waals surface area contributed by atoms with Crippen LogP contribution >= 0.6 is 0 Å². The van der Waals surface area contributed by atoms with Gasteiger partial charge in [-0.15, -0.1) is 0 Å². The lowest BCUT2D eigenvalue weighted by Gasteiger charge is -2.11. The van der Waals surface area contributed by atoms with Crippen LogP contribution in [-0.2, 0) is 11.2 Å². The van der Waals surface area contributed by atoms with Crippen LogP contribution in [0.2, 0.25) is 0 Å². The standard InChI is InChI=1S/C22H22N2O/c1-16(13-14-18-8-4-3-5-9-18)17(2)22(25)24-20-12-6-10-19-11-7-15-23-21(19)20/h3-12,15H,13-14H2,1-2H3,(H,24,25)/b17-16+. The van der Waals surface area contributed by atoms with Gasteiger partial charge in [0.05, 0.1) is 11.2 Å². The average molecular weight is 330 g/mol. The number of allylic oxidation sites excluding steroid dienone is 1. The summed E-state index contributed by atoms with van der Waals surface area (Å²) in [5.41, 5.74) is 4.72. The van der Waals surface area contributed by atoms with Crippen molar-refractivity contribution < 1.29 is 4.79 Å². The van der Waals surface area contributed by atoms with Crippen LogP contribution in [0.3, 0.4) is 0 Å². The van der Waals surface area contributed by atoms with Crippen molar-refractivity contribution in [2.75, 3.05) is 5.32 Å². The van der Waals surface area contributed by atoms with E-state index in [1.54, 1.807) is 6.20 Å². The highest BCUT2D eigenvalue weighted by atomic mass is 16.1. The van der Waals surface area contributed by atoms with Crippen molar-refractivity contribution in [3.8, 4) is 0 Å². The molecule has 1 heterocycles. The van der Waals surface area contributed by atoms with Crippen LogP contribution < -0.4 is 5.32 Å². The normalized spacial score (nSPS) is 11.9. The maximum Gasteiger partial charge on any atom is 0.251 e. The molecule has 0 saturated carbocycles. The van der Waals surface area contributed by atoms with Gasteiger partial charge in [0.2, 0.25) is 0 Å². The fraction of sp³-hybridized carbons (Fsp3) is 0.182. The number of para-hydroxylation sites is 1. The van der Waals surface area contributed by atoms with E-state index >= 15 is 0 Å². The Balaban J connectivity index is 1.73. The predicted octanol–water partition coefficient (Wildman–Crippen LogP) is 5.14. The number of pyridine rings is 1. The first-order valence-corrected chi connectivity index (χ1v) is 8.50. The third kappa shape index (κ3) is 4.13. The van der Waals surface area contributed by atoms with Crippen molar-refractivity contribution >= 4 is 22.5 Å². The minimum absolute atomic E-state index is 0.0660. The molecule has 0 radical (unpaired) electrons. The number of aromatic nitrogens is 1. The smallest absolute Gasteiger partial charge is 0.251 e. The molecule has 0 aliphatic rings. The molecule has 25 heavy (non-hydrogen) atoms. The second-order valence-corrected chi connectivity index (χ2v) is 6.23. The van der Waals surface area contributed by atoms with Gasteiger partial charge in [0.1, 0.15) is 0 Å². The molecule has 0 unspecified atom stereocenters. The Kier molecular flexibility index (Phi) is 5.24. The van der Waals surface area contributed by atoms with Gasteiger partial charge in [-0.1, -0.05) is 54.1 Å². The summed E-state index contributed by atoms with van der Waals surface area (Å²) >= 11 is 0. The molecule has 0 aliphatic heterocycles. The maximum absolute atomic E-state index is 12.6. The highest BCUT2D eigenvalue weighted by Crippen LogP contribution is 2.22. The fourth-order valence-electron chi connectivity index (χ4n) is 2.78. The van der Waals surface area contributed by atoms with Crippen LogP contribution in [0.5, 0.6) is 0 Å². The average Bonchev–Trinajstić information content (AvgIpc) is 2.66. The molecule has 3 aromatic rings. The van der Waals surface area contributed by atoms with Crippen molar-refractivity contribution in [2.24, 2.45) is 0 Å². The molecule has 126 valence electrons. The van der Waals surface area contributed by atoms with Gasteiger partial charge in [0.15, 0.2) is 0 Å². The summed E-state index contributed by atoms with van der Waals surface area (Å²) in [7, 11) is 0. The summed E-state index contributed by atoms with van der Waals surface area (Å²) in [6.45, 7) is 3.91. The number of fused-ring (bicyclic) bond motifs is 1. The molecule has 0 bridgehead atoms. The first kappa shape index (κ1) is 16.9. The Morgan fingerprint density at radius 2 is 1.72 bits per heavy atom. The third-order valence-corrected chi connectivity index (χ3v) is 4.49. The SMILES string of the molecule is C/C(CCc1ccccc1)=C(/C)C(=O)Nc1cccc2cccnc12. The quantitative estimate of drug-likeness (QED) is 0.658. The minimum Gasteiger partial charge on any atom is -0.320 e. The molecular formula is C22H22N2O. The van der Waals surface area contributed by atoms with Gasteiger partial charge in [0, 0.05) is 17.2 Å². The molecule has 1 amide bonds. The summed E-state index contributed by atoms with van der Waals surface area (Å²) in [5.74, 6) is -0.0660. The van der Waals surface area contributed by atoms with Crippen LogP contribution in [0.1, 0.15) is 25.8 Å². The molecule has 0 fully saturated rings. The van der Waals surface area contributed by atoms with E-state index in [1.807, 2.05) is 62.4 Å². The molecule has 3 rings (SSSR count). The topological polar surface area (TPSA) is 42.0 Å². The van der Waals surface area contributed by atoms with Gasteiger partial charge in [-0.2, -0.15) is 0 Å². The predicted molar refractivity (Wildman–Crippen MR) is 104 cm³/mol. The second-order valence-electron chi connectivity index (χ2n) is 6.23. The lowest BCUT2D eigenvalue weighted by Crippen LogP contribution is -2.14. The monoisotopic (exact) mass is 330 g/mol. The van der Waals surface area contributed by atoms with E-state index in [0.29, 0.717) is 0 Å². The van der Waals surface area contributed by atoms with Crippen LogP contribution in [0.4, 0.5) is 5.69 Å². The van der Waals surface area contributed by atoms with Gasteiger partial charge in [0.25, 0.3) is 5.91 Å². The van der Waals surface area contributed by atoms with E-state index in [1.165, 1.54) is 5.56 Å². The van der Waals surface area contributed by atoms with E-state index in [2.05, 4.69) is 22.4 Å². The fourth-order valence-corrected chi connectivity index (χ4v) is 2.78. The summed E-state index contributed by atoms with van der Waals surface area (Å²) in [5, 5.41) is 4.02. The molecular weight excluding hydrogens is 308 g/mol. The zero-order valence-electron chi connectivity index (χ0n) is 14.6. The van der Waals surface area contributed by atoms with Crippen LogP contribution in [0.15, 0.2) is 78.0 Å². The summed E-state index contributed by atoms with van der Waals surface area (Å²) < 4.78 is 0. The number of nitrogens with zero attached hydrogens (tertiary/aromatic N) is 1. The van der Waals surface area contributed by atoms with E-state index in [-0.39, 0.29) is 5.91 Å². The van der Waals surface area contributed by atoms with Crippen LogP contribution in [-0.4, -0.2) is 10.9 Å². The van der Waals surface area contributed by atoms with E-state index < -0.39 is 0 Å². The Morgan fingerprint density at radius 3 is 2.52 bits per heavy atom. The van der Waals surface area contributed by atoms with Gasteiger partial charge in [-0.25, -0.2) is 0 Å². The van der Waals surface area contributed by atoms with E-state index in [4.69, 9.17) is 0 Å². The Bertz CT molecular complexity index is 908. The van der Waals surface area contributed by atoms with Crippen molar-refractivity contribution in [3.05, 3.63) is 83.6 Å². The molecule has 3 heteroatoms. The molecule has 0 atom stereocenters. The zero-order valence-corrected chi connectivity index (χ0v) is 14.6. The number of benzene rings is 2. The second kappa shape index (κ2) is 7.75. The number of amides is 1. The Morgan fingerprint density at radius 1 is 0.960 bits per heavy atom. The van der Waals surface area contributed by atoms with Crippen LogP contribution in [0, 0.1) is 0 Å². The highest BCUT2D eigenvalue weighted by molar-refractivity contribution is 6.07. The van der Waals surface area contributed by atoms with Gasteiger partial charge >= 0.3 is 0 Å². The van der Waals surface area contributed by atoms with Crippen molar-refractivity contribution in [3.63, 3.8) is 0 Å². The van der Waals surface area contributed by atoms with Gasteiger partial charge in [-0.05, 0) is 44.4 Å². The van der Waals surface area contributed by atoms with E-state index in [0.717, 1.165) is 40.6 Å². The number of nitrogens with one attached hydrogen (secondary N) is 1. The number of aryl methyl sites for hydroxylation is 1. The molecule has 1 N–H and O–H groups in total. The van der Waals surface area contributed by atoms with E-state index in [9.17, 15) is 4.79 Å². The maximum atomic E-state index is 12.6. The summed E-state index contributed by atoms with van der Waals surface area (Å²) in [6, 6.07) is 20.0. The largest absolute Gasteiger partial charge is 0.320 e. The summed E-state index contributed by atoms with van der Waals surface area (Å²) in [4.78, 5) is 17.0. The molecule has 1 aromatic heterocycles. The minimum atomic E-state index is -0.0660. The molecule has 2 aromatic carbocycles. The first-order chi connectivity index (χ1) is 12.1. The number of hydrogen-bond donors (Lipinski definition) is 1. The number of carbonyl (C=O) groups excluding carboxylic acids is 1. The van der Waals surface area contributed by atoms with Gasteiger partial charge < -0.3 is 5.32 Å². The lowest BCUT2D eigenvalue weighted by atomic mass is 10.0. The van der Waals surface area contributed by atoms with Crippen LogP contribution in [0.25, 0.3) is 10.9 Å². The van der Waals surface area contributed by atoms with Crippen molar-refractivity contribution in [1.82, 2.24) is 4.98 Å². The number of anilines is 1. The molecule has 0 aliphatic carbocycles. The zero-order chi connectivity index (χ0) is 17.6. The lowest BCUT2D eigenvalue weighted by molar-refractivity contribution is -0.112. The Hall–Kier alpha value is -2.94. The molecule has 0 spiro atoms. The number of hydrogen-bond acceptors (Lipinski definition) is 2. The number of carbonyl (C=O) groups is 1. The van der Waals surface area contributed by atoms with Crippen molar-refractivity contribution in [1.29, 1.82) is 0 Å². The summed E-state index contributed by atoms with van der Waals surface area (Å²) in [6.07, 6.45) is 3.55. The van der Waals surface area contributed by atoms with Crippen molar-refractivity contribution in [2.45, 2.75) is 26.7 Å². The first-order valence-electron chi connectivity index (χ1n) is 8.50. The van der Waals surface area contributed by atoms with Gasteiger partial charge in [-0.3, -0.25) is 9.78 Å². The Labute approximate surface area is 148 Å². The third-order valence-electron chi connectivity index (χ3n) is 4.49. The highest BCUT2D eigenvalue weighted by Gasteiger charge is 2.10. The number of rotatable bonds is 5. The molecule has 3 nitrogen and oxygen atoms in total. The molecule has 0 saturated heterocycles.